The molecule has 1 aromatic carbocycles. The number of nitrogens with zero attached hydrogens (tertiary/aromatic N) is 1. The van der Waals surface area contributed by atoms with Gasteiger partial charge >= 0.3 is 0 Å². The number of hydrazine groups is 1. The van der Waals surface area contributed by atoms with Gasteiger partial charge in [0.1, 0.15) is 11.7 Å². The number of hydrogen-bond acceptors (Lipinski definition) is 4. The predicted molar refractivity (Wildman–Crippen MR) is 88.2 cm³/mol. The van der Waals surface area contributed by atoms with Crippen LogP contribution in [-0.2, 0) is 4.79 Å². The molecular formula is C16H15ClN4O3. The number of aromatic nitrogens is 1. The zero-order valence-corrected chi connectivity index (χ0v) is 13.5. The quantitative estimate of drug-likeness (QED) is 0.727. The van der Waals surface area contributed by atoms with E-state index < -0.39 is 23.8 Å². The fraction of sp³-hybridized carbons (Fsp3) is 0.125. The summed E-state index contributed by atoms with van der Waals surface area (Å²) in [7, 11) is 0. The standard InChI is InChI=1S/C16H15ClN4O3/c1-10(19-15(23)11-6-2-3-7-12(11)17)14(22)20-21-16(24)13-8-4-5-9-18-13/h2-10H,1H3,(H,19,23)(H,20,22)(H,21,24). The van der Waals surface area contributed by atoms with Crippen LogP contribution in [0.2, 0.25) is 5.02 Å². The Kier molecular flexibility index (Phi) is 5.86. The summed E-state index contributed by atoms with van der Waals surface area (Å²) in [5, 5.41) is 2.78. The van der Waals surface area contributed by atoms with Crippen molar-refractivity contribution in [1.82, 2.24) is 21.2 Å². The molecule has 0 bridgehead atoms. The number of pyridine rings is 1. The van der Waals surface area contributed by atoms with E-state index in [9.17, 15) is 14.4 Å². The van der Waals surface area contributed by atoms with Crippen molar-refractivity contribution in [2.75, 3.05) is 0 Å². The van der Waals surface area contributed by atoms with Gasteiger partial charge in [0.25, 0.3) is 17.7 Å². The number of hydrogen-bond donors (Lipinski definition) is 3. The molecule has 7 nitrogen and oxygen atoms in total. The molecule has 0 radical (unpaired) electrons. The van der Waals surface area contributed by atoms with Crippen molar-refractivity contribution in [1.29, 1.82) is 0 Å². The minimum absolute atomic E-state index is 0.158. The minimum atomic E-state index is -0.877. The summed E-state index contributed by atoms with van der Waals surface area (Å²) >= 11 is 5.93. The Labute approximate surface area is 143 Å². The van der Waals surface area contributed by atoms with Gasteiger partial charge in [0.05, 0.1) is 10.6 Å². The third-order valence-electron chi connectivity index (χ3n) is 3.06. The Balaban J connectivity index is 1.87. The smallest absolute Gasteiger partial charge is 0.288 e. The number of carbonyl (C=O) groups excluding carboxylic acids is 3. The molecule has 1 unspecified atom stereocenters. The predicted octanol–water partition coefficient (Wildman–Crippen LogP) is 1.31. The summed E-state index contributed by atoms with van der Waals surface area (Å²) < 4.78 is 0. The van der Waals surface area contributed by atoms with E-state index >= 15 is 0 Å². The third-order valence-corrected chi connectivity index (χ3v) is 3.39. The van der Waals surface area contributed by atoms with Gasteiger partial charge in [-0.2, -0.15) is 0 Å². The van der Waals surface area contributed by atoms with Crippen LogP contribution in [0.25, 0.3) is 0 Å². The molecule has 1 atom stereocenters. The molecule has 3 N–H and O–H groups in total. The molecule has 3 amide bonds. The first kappa shape index (κ1) is 17.4. The van der Waals surface area contributed by atoms with Gasteiger partial charge in [-0.1, -0.05) is 29.8 Å². The maximum Gasteiger partial charge on any atom is 0.288 e. The number of nitrogens with one attached hydrogen (secondary N) is 3. The van der Waals surface area contributed by atoms with Gasteiger partial charge in [-0.3, -0.25) is 30.2 Å². The van der Waals surface area contributed by atoms with Gasteiger partial charge in [-0.15, -0.1) is 0 Å². The second-order valence-corrected chi connectivity index (χ2v) is 5.24. The zero-order chi connectivity index (χ0) is 17.5. The highest BCUT2D eigenvalue weighted by Gasteiger charge is 2.18. The van der Waals surface area contributed by atoms with Gasteiger partial charge < -0.3 is 5.32 Å². The van der Waals surface area contributed by atoms with Crippen molar-refractivity contribution < 1.29 is 14.4 Å². The highest BCUT2D eigenvalue weighted by molar-refractivity contribution is 6.33. The minimum Gasteiger partial charge on any atom is -0.340 e. The average molecular weight is 347 g/mol. The lowest BCUT2D eigenvalue weighted by Crippen LogP contribution is -2.51. The van der Waals surface area contributed by atoms with Crippen LogP contribution in [0.3, 0.4) is 0 Å². The number of benzene rings is 1. The van der Waals surface area contributed by atoms with Crippen molar-refractivity contribution in [3.05, 3.63) is 64.9 Å². The van der Waals surface area contributed by atoms with Crippen molar-refractivity contribution in [2.45, 2.75) is 13.0 Å². The normalized spacial score (nSPS) is 11.2. The summed E-state index contributed by atoms with van der Waals surface area (Å²) in [6.07, 6.45) is 1.46. The van der Waals surface area contributed by atoms with Gasteiger partial charge in [0, 0.05) is 6.20 Å². The second kappa shape index (κ2) is 8.07. The van der Waals surface area contributed by atoms with E-state index in [1.165, 1.54) is 19.2 Å². The lowest BCUT2D eigenvalue weighted by molar-refractivity contribution is -0.123. The Morgan fingerprint density at radius 1 is 1.00 bits per heavy atom. The fourth-order valence-electron chi connectivity index (χ4n) is 1.77. The number of rotatable bonds is 4. The van der Waals surface area contributed by atoms with Crippen molar-refractivity contribution in [3.63, 3.8) is 0 Å². The molecular weight excluding hydrogens is 332 g/mol. The SMILES string of the molecule is CC(NC(=O)c1ccccc1Cl)C(=O)NNC(=O)c1ccccn1. The van der Waals surface area contributed by atoms with Crippen LogP contribution in [0.1, 0.15) is 27.8 Å². The molecule has 2 aromatic rings. The van der Waals surface area contributed by atoms with Crippen LogP contribution >= 0.6 is 11.6 Å². The van der Waals surface area contributed by atoms with Gasteiger partial charge in [0.2, 0.25) is 0 Å². The molecule has 0 saturated heterocycles. The summed E-state index contributed by atoms with van der Waals surface area (Å²) in [6, 6.07) is 10.4. The molecule has 8 heteroatoms. The average Bonchev–Trinajstić information content (AvgIpc) is 2.60. The van der Waals surface area contributed by atoms with E-state index in [2.05, 4.69) is 21.2 Å². The first-order chi connectivity index (χ1) is 11.5. The highest BCUT2D eigenvalue weighted by atomic mass is 35.5. The van der Waals surface area contributed by atoms with E-state index in [1.807, 2.05) is 0 Å². The molecule has 24 heavy (non-hydrogen) atoms. The Hall–Kier alpha value is -2.93. The first-order valence-corrected chi connectivity index (χ1v) is 7.43. The summed E-state index contributed by atoms with van der Waals surface area (Å²) in [5.41, 5.74) is 4.87. The monoisotopic (exact) mass is 346 g/mol. The van der Waals surface area contributed by atoms with Crippen LogP contribution < -0.4 is 16.2 Å². The second-order valence-electron chi connectivity index (χ2n) is 4.83. The number of halogens is 1. The van der Waals surface area contributed by atoms with Crippen molar-refractivity contribution in [3.8, 4) is 0 Å². The maximum absolute atomic E-state index is 12.1. The zero-order valence-electron chi connectivity index (χ0n) is 12.7. The van der Waals surface area contributed by atoms with Gasteiger partial charge in [0.15, 0.2) is 0 Å². The third kappa shape index (κ3) is 4.53. The van der Waals surface area contributed by atoms with E-state index in [1.54, 1.807) is 36.4 Å². The van der Waals surface area contributed by atoms with Crippen LogP contribution in [0.4, 0.5) is 0 Å². The molecule has 124 valence electrons. The number of amides is 3. The largest absolute Gasteiger partial charge is 0.340 e. The van der Waals surface area contributed by atoms with Gasteiger partial charge in [-0.05, 0) is 31.2 Å². The van der Waals surface area contributed by atoms with Crippen molar-refractivity contribution in [2.24, 2.45) is 0 Å². The Morgan fingerprint density at radius 3 is 2.38 bits per heavy atom. The highest BCUT2D eigenvalue weighted by Crippen LogP contribution is 2.14. The molecule has 0 fully saturated rings. The fourth-order valence-corrected chi connectivity index (χ4v) is 1.99. The molecule has 1 aromatic heterocycles. The van der Waals surface area contributed by atoms with Crippen LogP contribution in [-0.4, -0.2) is 28.7 Å². The van der Waals surface area contributed by atoms with Crippen LogP contribution in [0, 0.1) is 0 Å². The molecule has 0 aliphatic heterocycles. The van der Waals surface area contributed by atoms with Gasteiger partial charge in [-0.25, -0.2) is 0 Å². The lowest BCUT2D eigenvalue weighted by atomic mass is 10.2. The molecule has 0 aliphatic rings. The van der Waals surface area contributed by atoms with E-state index in [4.69, 9.17) is 11.6 Å². The van der Waals surface area contributed by atoms with Crippen molar-refractivity contribution >= 4 is 29.3 Å². The molecule has 0 spiro atoms. The molecule has 0 aliphatic carbocycles. The number of carbonyl (C=O) groups is 3. The van der Waals surface area contributed by atoms with E-state index in [-0.39, 0.29) is 16.3 Å². The Bertz CT molecular complexity index is 752. The summed E-state index contributed by atoms with van der Waals surface area (Å²) in [5.74, 6) is -1.63. The lowest BCUT2D eigenvalue weighted by Gasteiger charge is -2.15. The van der Waals surface area contributed by atoms with E-state index in [0.717, 1.165) is 0 Å². The van der Waals surface area contributed by atoms with Crippen LogP contribution in [0.15, 0.2) is 48.7 Å². The maximum atomic E-state index is 12.1. The van der Waals surface area contributed by atoms with E-state index in [0.29, 0.717) is 0 Å². The topological polar surface area (TPSA) is 100 Å². The summed E-state index contributed by atoms with van der Waals surface area (Å²) in [4.78, 5) is 39.6. The molecule has 0 saturated carbocycles. The summed E-state index contributed by atoms with van der Waals surface area (Å²) in [6.45, 7) is 1.48. The molecule has 1 heterocycles. The van der Waals surface area contributed by atoms with Crippen LogP contribution in [0.5, 0.6) is 0 Å². The Morgan fingerprint density at radius 2 is 1.71 bits per heavy atom. The molecule has 2 rings (SSSR count). The first-order valence-electron chi connectivity index (χ1n) is 7.05.